The minimum Gasteiger partial charge on any atom is -0.440 e. The Morgan fingerprint density at radius 1 is 1.46 bits per heavy atom. The van der Waals surface area contributed by atoms with E-state index in [9.17, 15) is 10.1 Å². The van der Waals surface area contributed by atoms with Crippen molar-refractivity contribution in [3.8, 4) is 11.8 Å². The predicted molar refractivity (Wildman–Crippen MR) is 97.5 cm³/mol. The number of nitriles is 1. The summed E-state index contributed by atoms with van der Waals surface area (Å²) in [5.41, 5.74) is 7.97. The van der Waals surface area contributed by atoms with Crippen LogP contribution in [0.15, 0.2) is 46.8 Å². The monoisotopic (exact) mass is 351 g/mol. The van der Waals surface area contributed by atoms with Crippen molar-refractivity contribution in [1.82, 2.24) is 14.5 Å². The lowest BCUT2D eigenvalue weighted by Crippen LogP contribution is -2.34. The van der Waals surface area contributed by atoms with Gasteiger partial charge in [-0.3, -0.25) is 9.78 Å². The number of aromatic nitrogens is 2. The van der Waals surface area contributed by atoms with Gasteiger partial charge in [0.25, 0.3) is 5.56 Å². The summed E-state index contributed by atoms with van der Waals surface area (Å²) < 4.78 is 7.33. The van der Waals surface area contributed by atoms with Gasteiger partial charge in [0.15, 0.2) is 0 Å². The number of aryl methyl sites for hydroxylation is 1. The number of hydrogen-bond acceptors (Lipinski definition) is 6. The summed E-state index contributed by atoms with van der Waals surface area (Å²) in [4.78, 5) is 19.4. The number of hydrogen-bond donors (Lipinski definition) is 1. The van der Waals surface area contributed by atoms with E-state index < -0.39 is 5.92 Å². The number of likely N-dealkylation sites (N-methyl/N-ethyl adjacent to an activating group) is 1. The normalized spacial score (nSPS) is 16.2. The molecule has 0 amide bonds. The fourth-order valence-corrected chi connectivity index (χ4v) is 3.14. The first-order valence-corrected chi connectivity index (χ1v) is 8.30. The fourth-order valence-electron chi connectivity index (χ4n) is 3.14. The van der Waals surface area contributed by atoms with Crippen LogP contribution in [0, 0.1) is 18.3 Å². The lowest BCUT2D eigenvalue weighted by Gasteiger charge is -2.27. The summed E-state index contributed by atoms with van der Waals surface area (Å²) in [6, 6.07) is 7.51. The largest absolute Gasteiger partial charge is 0.440 e. The molecule has 3 heterocycles. The van der Waals surface area contributed by atoms with Gasteiger partial charge in [0, 0.05) is 37.2 Å². The van der Waals surface area contributed by atoms with Gasteiger partial charge in [-0.2, -0.15) is 5.26 Å². The Hall–Kier alpha value is -3.11. The zero-order chi connectivity index (χ0) is 18.8. The molecule has 0 spiro atoms. The van der Waals surface area contributed by atoms with Crippen molar-refractivity contribution in [2.24, 2.45) is 5.73 Å². The van der Waals surface area contributed by atoms with Crippen LogP contribution < -0.4 is 16.0 Å². The van der Waals surface area contributed by atoms with E-state index in [-0.39, 0.29) is 17.0 Å². The summed E-state index contributed by atoms with van der Waals surface area (Å²) >= 11 is 0. The number of rotatable bonds is 4. The van der Waals surface area contributed by atoms with E-state index >= 15 is 0 Å². The van der Waals surface area contributed by atoms with E-state index in [1.807, 2.05) is 32.0 Å². The molecular formula is C19H21N5O2. The van der Waals surface area contributed by atoms with Gasteiger partial charge in [-0.15, -0.1) is 0 Å². The van der Waals surface area contributed by atoms with Gasteiger partial charge in [-0.1, -0.05) is 6.07 Å². The molecule has 7 nitrogen and oxygen atoms in total. The van der Waals surface area contributed by atoms with Crippen LogP contribution in [-0.4, -0.2) is 35.1 Å². The quantitative estimate of drug-likeness (QED) is 0.892. The van der Waals surface area contributed by atoms with Gasteiger partial charge in [0.1, 0.15) is 17.4 Å². The highest BCUT2D eigenvalue weighted by molar-refractivity contribution is 5.54. The Kier molecular flexibility index (Phi) is 4.78. The first kappa shape index (κ1) is 17.7. The Bertz CT molecular complexity index is 954. The van der Waals surface area contributed by atoms with Gasteiger partial charge < -0.3 is 19.9 Å². The van der Waals surface area contributed by atoms with E-state index in [1.54, 1.807) is 29.1 Å². The molecule has 0 aliphatic carbocycles. The van der Waals surface area contributed by atoms with E-state index in [2.05, 4.69) is 11.1 Å². The van der Waals surface area contributed by atoms with Crippen LogP contribution in [0.5, 0.6) is 5.75 Å². The van der Waals surface area contributed by atoms with Crippen LogP contribution >= 0.6 is 0 Å². The van der Waals surface area contributed by atoms with Gasteiger partial charge in [-0.05, 0) is 32.6 Å². The standard InChI is InChI=1S/C19H21N5O2/c1-12-9-15-17(19(25)24(12)8-7-23(2)3)16(13-5-4-6-22-11-13)14(10-20)18(21)26-15/h4-6,9,11,16H,7-8,21H2,1-3H3/t16-/m1/s1. The molecule has 3 rings (SSSR count). The molecule has 0 bridgehead atoms. The van der Waals surface area contributed by atoms with Gasteiger partial charge >= 0.3 is 0 Å². The van der Waals surface area contributed by atoms with Crippen LogP contribution in [0.2, 0.25) is 0 Å². The Balaban J connectivity index is 2.22. The molecule has 2 N–H and O–H groups in total. The molecule has 1 aliphatic heterocycles. The Labute approximate surface area is 151 Å². The summed E-state index contributed by atoms with van der Waals surface area (Å²) in [5, 5.41) is 9.61. The van der Waals surface area contributed by atoms with Crippen molar-refractivity contribution in [2.75, 3.05) is 20.6 Å². The van der Waals surface area contributed by atoms with E-state index in [0.717, 1.165) is 17.8 Å². The smallest absolute Gasteiger partial charge is 0.258 e. The summed E-state index contributed by atoms with van der Waals surface area (Å²) in [6.07, 6.45) is 3.29. The average Bonchev–Trinajstić information content (AvgIpc) is 2.60. The average molecular weight is 351 g/mol. The molecule has 0 unspecified atom stereocenters. The van der Waals surface area contributed by atoms with Gasteiger partial charge in [0.2, 0.25) is 5.88 Å². The molecule has 7 heteroatoms. The van der Waals surface area contributed by atoms with Crippen molar-refractivity contribution in [2.45, 2.75) is 19.4 Å². The lowest BCUT2D eigenvalue weighted by molar-refractivity contribution is 0.369. The molecule has 0 aromatic carbocycles. The number of nitrogens with zero attached hydrogens (tertiary/aromatic N) is 4. The molecule has 0 fully saturated rings. The van der Waals surface area contributed by atoms with Crippen LogP contribution in [0.4, 0.5) is 0 Å². The maximum absolute atomic E-state index is 13.3. The minimum absolute atomic E-state index is 0.0266. The number of allylic oxidation sites excluding steroid dienone is 1. The molecule has 2 aromatic rings. The first-order chi connectivity index (χ1) is 12.4. The predicted octanol–water partition coefficient (Wildman–Crippen LogP) is 1.33. The van der Waals surface area contributed by atoms with Crippen molar-refractivity contribution in [1.29, 1.82) is 5.26 Å². The second kappa shape index (κ2) is 7.02. The highest BCUT2D eigenvalue weighted by atomic mass is 16.5. The van der Waals surface area contributed by atoms with Crippen molar-refractivity contribution in [3.63, 3.8) is 0 Å². The van der Waals surface area contributed by atoms with E-state index in [1.165, 1.54) is 0 Å². The molecule has 0 saturated heterocycles. The van der Waals surface area contributed by atoms with Crippen molar-refractivity contribution >= 4 is 0 Å². The number of fused-ring (bicyclic) bond motifs is 1. The topological polar surface area (TPSA) is 97.2 Å². The Morgan fingerprint density at radius 3 is 2.85 bits per heavy atom. The highest BCUT2D eigenvalue weighted by Gasteiger charge is 2.34. The molecule has 26 heavy (non-hydrogen) atoms. The molecular weight excluding hydrogens is 330 g/mol. The fraction of sp³-hybridized carbons (Fsp3) is 0.316. The molecule has 0 radical (unpaired) electrons. The third-order valence-electron chi connectivity index (χ3n) is 4.48. The maximum atomic E-state index is 13.3. The van der Waals surface area contributed by atoms with Crippen molar-refractivity contribution < 1.29 is 4.74 Å². The number of nitrogens with two attached hydrogens (primary N) is 1. The lowest BCUT2D eigenvalue weighted by atomic mass is 9.85. The van der Waals surface area contributed by atoms with Gasteiger partial charge in [0.05, 0.1) is 11.5 Å². The summed E-state index contributed by atoms with van der Waals surface area (Å²) in [5.74, 6) is -0.159. The summed E-state index contributed by atoms with van der Waals surface area (Å²) in [7, 11) is 3.91. The number of ether oxygens (including phenoxy) is 1. The number of pyridine rings is 2. The van der Waals surface area contributed by atoms with Crippen LogP contribution in [-0.2, 0) is 6.54 Å². The van der Waals surface area contributed by atoms with Crippen molar-refractivity contribution in [3.05, 3.63) is 69.2 Å². The third kappa shape index (κ3) is 3.07. The highest BCUT2D eigenvalue weighted by Crippen LogP contribution is 2.40. The zero-order valence-corrected chi connectivity index (χ0v) is 15.1. The van der Waals surface area contributed by atoms with E-state index in [4.69, 9.17) is 10.5 Å². The minimum atomic E-state index is -0.587. The third-order valence-corrected chi connectivity index (χ3v) is 4.48. The molecule has 2 aromatic heterocycles. The second-order valence-corrected chi connectivity index (χ2v) is 6.53. The molecule has 1 aliphatic rings. The van der Waals surface area contributed by atoms with Crippen LogP contribution in [0.1, 0.15) is 22.7 Å². The van der Waals surface area contributed by atoms with Crippen LogP contribution in [0.25, 0.3) is 0 Å². The molecule has 0 saturated carbocycles. The Morgan fingerprint density at radius 2 is 2.23 bits per heavy atom. The first-order valence-electron chi connectivity index (χ1n) is 8.30. The molecule has 1 atom stereocenters. The zero-order valence-electron chi connectivity index (χ0n) is 15.1. The van der Waals surface area contributed by atoms with E-state index in [0.29, 0.717) is 17.9 Å². The summed E-state index contributed by atoms with van der Waals surface area (Å²) in [6.45, 7) is 3.13. The van der Waals surface area contributed by atoms with Gasteiger partial charge in [-0.25, -0.2) is 0 Å². The SMILES string of the molecule is Cc1cc2c(c(=O)n1CCN(C)C)[C@H](c1cccnc1)C(C#N)=C(N)O2. The maximum Gasteiger partial charge on any atom is 0.258 e. The molecule has 134 valence electrons. The second-order valence-electron chi connectivity index (χ2n) is 6.53. The van der Waals surface area contributed by atoms with Crippen LogP contribution in [0.3, 0.4) is 0 Å².